The molecule has 1 amide bonds. The summed E-state index contributed by atoms with van der Waals surface area (Å²) in [6.45, 7) is 2.20. The standard InChI is InChI=1S/C20H27N5O3/c1-4-28-16-11-15-14(10-13(16)20(27)24(2)3)23-19(26)18(22)25(15)17(21)12-8-6-5-7-9-12/h10-12,21-22H,4-9H2,1-3H3,(H,23,26). The van der Waals surface area contributed by atoms with Crippen molar-refractivity contribution in [1.29, 1.82) is 10.8 Å². The minimum Gasteiger partial charge on any atom is -0.493 e. The first-order valence-corrected chi connectivity index (χ1v) is 9.66. The minimum absolute atomic E-state index is 0.0199. The van der Waals surface area contributed by atoms with E-state index in [1.165, 1.54) is 9.47 Å². The second-order valence-corrected chi connectivity index (χ2v) is 7.36. The van der Waals surface area contributed by atoms with E-state index in [-0.39, 0.29) is 23.1 Å². The molecule has 0 radical (unpaired) electrons. The van der Waals surface area contributed by atoms with Crippen LogP contribution in [-0.4, -0.2) is 46.9 Å². The van der Waals surface area contributed by atoms with Gasteiger partial charge in [0.2, 0.25) is 0 Å². The van der Waals surface area contributed by atoms with Gasteiger partial charge in [0, 0.05) is 26.1 Å². The molecule has 1 aliphatic rings. The quantitative estimate of drug-likeness (QED) is 0.554. The predicted octanol–water partition coefficient (Wildman–Crippen LogP) is 2.32. The van der Waals surface area contributed by atoms with Crippen LogP contribution in [0.5, 0.6) is 5.75 Å². The number of amides is 1. The molecule has 8 heteroatoms. The van der Waals surface area contributed by atoms with Gasteiger partial charge in [-0.25, -0.2) is 0 Å². The Kier molecular flexibility index (Phi) is 5.67. The average molecular weight is 385 g/mol. The molecule has 0 atom stereocenters. The lowest BCUT2D eigenvalue weighted by molar-refractivity contribution is 0.0823. The summed E-state index contributed by atoms with van der Waals surface area (Å²) in [4.78, 5) is 29.1. The molecule has 2 aromatic rings. The molecule has 0 bridgehead atoms. The van der Waals surface area contributed by atoms with Crippen LogP contribution in [0.1, 0.15) is 49.4 Å². The molecule has 1 aromatic carbocycles. The van der Waals surface area contributed by atoms with E-state index in [9.17, 15) is 9.59 Å². The van der Waals surface area contributed by atoms with Crippen LogP contribution in [-0.2, 0) is 0 Å². The Morgan fingerprint density at radius 2 is 1.96 bits per heavy atom. The average Bonchev–Trinajstić information content (AvgIpc) is 2.69. The van der Waals surface area contributed by atoms with Gasteiger partial charge in [0.25, 0.3) is 11.5 Å². The van der Waals surface area contributed by atoms with Gasteiger partial charge in [0.05, 0.1) is 23.2 Å². The van der Waals surface area contributed by atoms with Gasteiger partial charge in [0.15, 0.2) is 5.49 Å². The molecular formula is C20H27N5O3. The van der Waals surface area contributed by atoms with Crippen molar-refractivity contribution in [2.24, 2.45) is 5.92 Å². The molecule has 0 unspecified atom stereocenters. The van der Waals surface area contributed by atoms with Crippen LogP contribution in [0.3, 0.4) is 0 Å². The Balaban J connectivity index is 2.26. The fourth-order valence-electron chi connectivity index (χ4n) is 3.75. The molecule has 28 heavy (non-hydrogen) atoms. The third kappa shape index (κ3) is 3.58. The topological polar surface area (TPSA) is 115 Å². The van der Waals surface area contributed by atoms with Crippen molar-refractivity contribution in [2.45, 2.75) is 39.0 Å². The van der Waals surface area contributed by atoms with E-state index in [4.69, 9.17) is 15.6 Å². The molecule has 8 nitrogen and oxygen atoms in total. The lowest BCUT2D eigenvalue weighted by atomic mass is 9.88. The van der Waals surface area contributed by atoms with Gasteiger partial charge in [0.1, 0.15) is 11.6 Å². The molecule has 1 saturated carbocycles. The number of benzene rings is 1. The van der Waals surface area contributed by atoms with Crippen LogP contribution >= 0.6 is 0 Å². The largest absolute Gasteiger partial charge is 0.493 e. The summed E-state index contributed by atoms with van der Waals surface area (Å²) in [5.74, 6) is 0.418. The minimum atomic E-state index is -0.583. The smallest absolute Gasteiger partial charge is 0.291 e. The van der Waals surface area contributed by atoms with Crippen molar-refractivity contribution in [1.82, 2.24) is 14.5 Å². The molecule has 0 aliphatic heterocycles. The number of carbonyl (C=O) groups is 1. The maximum absolute atomic E-state index is 12.6. The third-order valence-electron chi connectivity index (χ3n) is 5.19. The zero-order chi connectivity index (χ0) is 20.4. The number of ether oxygens (including phenoxy) is 1. The zero-order valence-corrected chi connectivity index (χ0v) is 16.6. The first-order chi connectivity index (χ1) is 13.3. The van der Waals surface area contributed by atoms with E-state index in [0.29, 0.717) is 29.0 Å². The van der Waals surface area contributed by atoms with Crippen LogP contribution < -0.4 is 15.8 Å². The molecule has 3 rings (SSSR count). The first-order valence-electron chi connectivity index (χ1n) is 9.66. The van der Waals surface area contributed by atoms with E-state index in [2.05, 4.69) is 4.98 Å². The molecule has 1 fully saturated rings. The number of hydrogen-bond acceptors (Lipinski definition) is 5. The summed E-state index contributed by atoms with van der Waals surface area (Å²) < 4.78 is 7.08. The van der Waals surface area contributed by atoms with Crippen molar-refractivity contribution in [3.05, 3.63) is 33.5 Å². The molecule has 0 saturated heterocycles. The lowest BCUT2D eigenvalue weighted by Gasteiger charge is -2.25. The highest BCUT2D eigenvalue weighted by atomic mass is 16.5. The van der Waals surface area contributed by atoms with Crippen molar-refractivity contribution in [3.8, 4) is 5.75 Å². The van der Waals surface area contributed by atoms with Crippen LogP contribution in [0.25, 0.3) is 11.0 Å². The van der Waals surface area contributed by atoms with Crippen LogP contribution in [0.15, 0.2) is 16.9 Å². The van der Waals surface area contributed by atoms with Gasteiger partial charge in [-0.05, 0) is 25.8 Å². The van der Waals surface area contributed by atoms with Crippen molar-refractivity contribution >= 4 is 22.8 Å². The van der Waals surface area contributed by atoms with Crippen molar-refractivity contribution in [2.75, 3.05) is 20.7 Å². The van der Waals surface area contributed by atoms with Crippen LogP contribution in [0, 0.1) is 16.7 Å². The van der Waals surface area contributed by atoms with Crippen molar-refractivity contribution in [3.63, 3.8) is 0 Å². The summed E-state index contributed by atoms with van der Waals surface area (Å²) in [5, 5.41) is 17.0. The summed E-state index contributed by atoms with van der Waals surface area (Å²) in [7, 11) is 3.30. The number of H-pyrrole nitrogens is 1. The summed E-state index contributed by atoms with van der Waals surface area (Å²) in [6, 6.07) is 3.23. The number of aromatic nitrogens is 2. The number of carbonyl (C=O) groups excluding carboxylic acids is 1. The summed E-state index contributed by atoms with van der Waals surface area (Å²) >= 11 is 0. The molecule has 3 N–H and O–H groups in total. The Hall–Kier alpha value is -2.90. The number of nitrogens with zero attached hydrogens (tertiary/aromatic N) is 2. The number of hydrogen-bond donors (Lipinski definition) is 3. The zero-order valence-electron chi connectivity index (χ0n) is 16.6. The van der Waals surface area contributed by atoms with E-state index < -0.39 is 5.56 Å². The fourth-order valence-corrected chi connectivity index (χ4v) is 3.75. The number of rotatable bonds is 4. The summed E-state index contributed by atoms with van der Waals surface area (Å²) in [6.07, 6.45) is 5.02. The Morgan fingerprint density at radius 3 is 2.57 bits per heavy atom. The van der Waals surface area contributed by atoms with Gasteiger partial charge in [-0.1, -0.05) is 19.3 Å². The van der Waals surface area contributed by atoms with E-state index in [1.54, 1.807) is 26.2 Å². The maximum atomic E-state index is 12.6. The molecule has 0 spiro atoms. The molecule has 1 heterocycles. The number of fused-ring (bicyclic) bond motifs is 1. The predicted molar refractivity (Wildman–Crippen MR) is 107 cm³/mol. The second-order valence-electron chi connectivity index (χ2n) is 7.36. The highest BCUT2D eigenvalue weighted by Crippen LogP contribution is 2.28. The Morgan fingerprint density at radius 1 is 1.29 bits per heavy atom. The lowest BCUT2D eigenvalue weighted by Crippen LogP contribution is -2.42. The number of aromatic amines is 1. The molecular weight excluding hydrogens is 358 g/mol. The first kappa shape index (κ1) is 19.9. The SMILES string of the molecule is CCOc1cc2c(cc1C(=O)N(C)C)[nH]c(=O)c(=N)n2C(=N)C1CCCCC1. The van der Waals surface area contributed by atoms with Crippen molar-refractivity contribution < 1.29 is 9.53 Å². The van der Waals surface area contributed by atoms with Crippen LogP contribution in [0.2, 0.25) is 0 Å². The van der Waals surface area contributed by atoms with Crippen LogP contribution in [0.4, 0.5) is 0 Å². The highest BCUT2D eigenvalue weighted by Gasteiger charge is 2.23. The van der Waals surface area contributed by atoms with Gasteiger partial charge in [-0.15, -0.1) is 0 Å². The van der Waals surface area contributed by atoms with E-state index >= 15 is 0 Å². The van der Waals surface area contributed by atoms with Gasteiger partial charge in [-0.2, -0.15) is 0 Å². The third-order valence-corrected chi connectivity index (χ3v) is 5.19. The van der Waals surface area contributed by atoms with E-state index in [0.717, 1.165) is 32.1 Å². The molecule has 1 aliphatic carbocycles. The molecule has 1 aromatic heterocycles. The maximum Gasteiger partial charge on any atom is 0.291 e. The van der Waals surface area contributed by atoms with Gasteiger partial charge < -0.3 is 14.6 Å². The fraction of sp³-hybridized carbons (Fsp3) is 0.500. The van der Waals surface area contributed by atoms with E-state index in [1.807, 2.05) is 6.92 Å². The number of nitrogens with one attached hydrogen (secondary N) is 3. The highest BCUT2D eigenvalue weighted by molar-refractivity contribution is 6.01. The van der Waals surface area contributed by atoms with Gasteiger partial charge >= 0.3 is 0 Å². The normalized spacial score (nSPS) is 14.8. The molecule has 150 valence electrons. The van der Waals surface area contributed by atoms with Gasteiger partial charge in [-0.3, -0.25) is 25.0 Å². The Labute approximate surface area is 163 Å². The monoisotopic (exact) mass is 385 g/mol. The second kappa shape index (κ2) is 8.00. The summed E-state index contributed by atoms with van der Waals surface area (Å²) in [5.41, 5.74) is 0.385. The Bertz CT molecular complexity index is 1030.